The summed E-state index contributed by atoms with van der Waals surface area (Å²) in [6.45, 7) is 9.96. The van der Waals surface area contributed by atoms with Gasteiger partial charge < -0.3 is 14.5 Å². The highest BCUT2D eigenvalue weighted by molar-refractivity contribution is 5.97. The van der Waals surface area contributed by atoms with Crippen molar-refractivity contribution >= 4 is 11.3 Å². The third kappa shape index (κ3) is 5.30. The van der Waals surface area contributed by atoms with E-state index in [1.54, 1.807) is 7.11 Å². The second-order valence-electron chi connectivity index (χ2n) is 9.27. The van der Waals surface area contributed by atoms with Crippen LogP contribution in [0.4, 0.5) is 0 Å². The van der Waals surface area contributed by atoms with Crippen LogP contribution in [0.2, 0.25) is 0 Å². The first-order chi connectivity index (χ1) is 15.1. The minimum absolute atomic E-state index is 0. The molecule has 0 N–H and O–H groups in total. The van der Waals surface area contributed by atoms with E-state index in [0.717, 1.165) is 53.1 Å². The molecule has 0 bridgehead atoms. The van der Waals surface area contributed by atoms with Gasteiger partial charge in [0, 0.05) is 26.0 Å². The SMILES string of the molecule is C=C/C(=C1/N=C(CCCN2CCC(C3CC3)CC2)C=CN1C)c1cc(OC)ccc1C.[HH]. The number of aryl methyl sites for hydroxylation is 1. The second kappa shape index (κ2) is 9.86. The van der Waals surface area contributed by atoms with Crippen LogP contribution in [-0.2, 0) is 0 Å². The van der Waals surface area contributed by atoms with Gasteiger partial charge in [-0.25, -0.2) is 4.99 Å². The summed E-state index contributed by atoms with van der Waals surface area (Å²) < 4.78 is 5.45. The minimum atomic E-state index is 0. The van der Waals surface area contributed by atoms with Gasteiger partial charge in [0.05, 0.1) is 7.11 Å². The molecule has 168 valence electrons. The van der Waals surface area contributed by atoms with Crippen molar-refractivity contribution in [3.63, 3.8) is 0 Å². The molecule has 4 nitrogen and oxygen atoms in total. The summed E-state index contributed by atoms with van der Waals surface area (Å²) in [4.78, 5) is 9.78. The van der Waals surface area contributed by atoms with Crippen LogP contribution >= 0.6 is 0 Å². The zero-order valence-electron chi connectivity index (χ0n) is 19.4. The number of benzene rings is 1. The topological polar surface area (TPSA) is 28.1 Å². The van der Waals surface area contributed by atoms with Crippen LogP contribution < -0.4 is 4.74 Å². The Kier molecular flexibility index (Phi) is 6.96. The molecule has 4 heteroatoms. The van der Waals surface area contributed by atoms with Gasteiger partial charge in [-0.2, -0.15) is 0 Å². The molecule has 1 aromatic rings. The van der Waals surface area contributed by atoms with E-state index in [9.17, 15) is 0 Å². The predicted octanol–water partition coefficient (Wildman–Crippen LogP) is 5.91. The Labute approximate surface area is 189 Å². The Morgan fingerprint density at radius 1 is 1.23 bits per heavy atom. The van der Waals surface area contributed by atoms with E-state index < -0.39 is 0 Å². The number of hydrogen-bond donors (Lipinski definition) is 0. The second-order valence-corrected chi connectivity index (χ2v) is 9.27. The van der Waals surface area contributed by atoms with Crippen molar-refractivity contribution in [3.05, 3.63) is 60.1 Å². The van der Waals surface area contributed by atoms with Gasteiger partial charge >= 0.3 is 0 Å². The highest BCUT2D eigenvalue weighted by atomic mass is 16.5. The first kappa shape index (κ1) is 21.9. The number of methoxy groups -OCH3 is 1. The smallest absolute Gasteiger partial charge is 0.140 e. The van der Waals surface area contributed by atoms with Crippen molar-refractivity contribution in [3.8, 4) is 5.75 Å². The largest absolute Gasteiger partial charge is 0.497 e. The third-order valence-electron chi connectivity index (χ3n) is 7.08. The van der Waals surface area contributed by atoms with Crippen LogP contribution in [0.25, 0.3) is 5.57 Å². The lowest BCUT2D eigenvalue weighted by Crippen LogP contribution is -2.35. The molecular formula is C27H39N3O. The van der Waals surface area contributed by atoms with Crippen molar-refractivity contribution in [2.75, 3.05) is 33.8 Å². The molecule has 0 atom stereocenters. The normalized spacial score (nSPS) is 21.8. The lowest BCUT2D eigenvalue weighted by Gasteiger charge is -2.32. The maximum absolute atomic E-state index is 5.45. The Morgan fingerprint density at radius 2 is 1.97 bits per heavy atom. The lowest BCUT2D eigenvalue weighted by molar-refractivity contribution is 0.172. The van der Waals surface area contributed by atoms with Crippen LogP contribution in [0.1, 0.15) is 51.1 Å². The Balaban J connectivity index is 0.00000289. The van der Waals surface area contributed by atoms with Gasteiger partial charge in [0.1, 0.15) is 11.6 Å². The van der Waals surface area contributed by atoms with E-state index >= 15 is 0 Å². The van der Waals surface area contributed by atoms with E-state index in [2.05, 4.69) is 54.8 Å². The summed E-state index contributed by atoms with van der Waals surface area (Å²) in [5.74, 6) is 3.89. The number of hydrogen-bond acceptors (Lipinski definition) is 4. The summed E-state index contributed by atoms with van der Waals surface area (Å²) in [6, 6.07) is 6.16. The molecule has 0 unspecified atom stereocenters. The number of piperidine rings is 1. The summed E-state index contributed by atoms with van der Waals surface area (Å²) in [7, 11) is 3.75. The molecule has 1 aliphatic carbocycles. The fraction of sp³-hybridized carbons (Fsp3) is 0.519. The van der Waals surface area contributed by atoms with E-state index in [4.69, 9.17) is 9.73 Å². The number of nitrogens with zero attached hydrogens (tertiary/aromatic N) is 3. The molecule has 0 radical (unpaired) electrons. The van der Waals surface area contributed by atoms with Gasteiger partial charge in [-0.3, -0.25) is 0 Å². The Hall–Kier alpha value is -2.33. The maximum Gasteiger partial charge on any atom is 0.140 e. The molecule has 2 heterocycles. The van der Waals surface area contributed by atoms with Crippen molar-refractivity contribution in [2.45, 2.75) is 45.4 Å². The molecule has 3 aliphatic rings. The van der Waals surface area contributed by atoms with E-state index in [1.165, 1.54) is 50.9 Å². The van der Waals surface area contributed by atoms with Gasteiger partial charge in [0.15, 0.2) is 0 Å². The predicted molar refractivity (Wildman–Crippen MR) is 132 cm³/mol. The first-order valence-corrected chi connectivity index (χ1v) is 11.8. The van der Waals surface area contributed by atoms with E-state index in [0.29, 0.717) is 0 Å². The number of likely N-dealkylation sites (tertiary alicyclic amines) is 1. The number of ether oxygens (including phenoxy) is 1. The molecule has 0 aromatic heterocycles. The van der Waals surface area contributed by atoms with Crippen LogP contribution in [0.3, 0.4) is 0 Å². The van der Waals surface area contributed by atoms with Crippen molar-refractivity contribution in [2.24, 2.45) is 16.8 Å². The average molecular weight is 422 g/mol. The molecular weight excluding hydrogens is 382 g/mol. The van der Waals surface area contributed by atoms with Crippen molar-refractivity contribution in [1.29, 1.82) is 0 Å². The van der Waals surface area contributed by atoms with E-state index in [1.807, 2.05) is 12.1 Å². The van der Waals surface area contributed by atoms with Gasteiger partial charge in [-0.05, 0) is 106 Å². The highest BCUT2D eigenvalue weighted by Gasteiger charge is 2.33. The summed E-state index contributed by atoms with van der Waals surface area (Å²) >= 11 is 0. The zero-order valence-corrected chi connectivity index (χ0v) is 19.4. The molecule has 2 aliphatic heterocycles. The molecule has 1 aromatic carbocycles. The van der Waals surface area contributed by atoms with Gasteiger partial charge in [-0.1, -0.05) is 18.7 Å². The summed E-state index contributed by atoms with van der Waals surface area (Å²) in [5.41, 5.74) is 4.51. The van der Waals surface area contributed by atoms with E-state index in [-0.39, 0.29) is 1.43 Å². The molecule has 1 saturated carbocycles. The summed E-state index contributed by atoms with van der Waals surface area (Å²) in [5, 5.41) is 0. The van der Waals surface area contributed by atoms with Gasteiger partial charge in [-0.15, -0.1) is 0 Å². The molecule has 31 heavy (non-hydrogen) atoms. The number of rotatable bonds is 8. The third-order valence-corrected chi connectivity index (χ3v) is 7.08. The van der Waals surface area contributed by atoms with Gasteiger partial charge in [0.2, 0.25) is 0 Å². The van der Waals surface area contributed by atoms with Crippen LogP contribution in [0, 0.1) is 18.8 Å². The molecule has 2 fully saturated rings. The van der Waals surface area contributed by atoms with Crippen LogP contribution in [0.15, 0.2) is 53.9 Å². The monoisotopic (exact) mass is 421 g/mol. The van der Waals surface area contributed by atoms with Crippen LogP contribution in [0.5, 0.6) is 5.75 Å². The fourth-order valence-electron chi connectivity index (χ4n) is 4.95. The lowest BCUT2D eigenvalue weighted by atomic mass is 9.92. The number of allylic oxidation sites excluding steroid dienone is 3. The zero-order chi connectivity index (χ0) is 21.8. The standard InChI is InChI=1S/C27H37N3O.H2/c1-5-25(26-19-24(31-4)11-8-20(26)2)27-28-23(14-16-29(27)3)7-6-15-30-17-12-22(13-18-30)21-9-10-21;/h5,8,11,14,16,19,21-22H,1,6-7,9-10,12-13,15,17-18H2,2-4H3;1H/b27-25+;. The van der Waals surface area contributed by atoms with Crippen molar-refractivity contribution < 1.29 is 6.16 Å². The minimum Gasteiger partial charge on any atom is -0.497 e. The van der Waals surface area contributed by atoms with Gasteiger partial charge in [0.25, 0.3) is 0 Å². The molecule has 1 saturated heterocycles. The van der Waals surface area contributed by atoms with Crippen molar-refractivity contribution in [1.82, 2.24) is 9.80 Å². The Bertz CT molecular complexity index is 892. The van der Waals surface area contributed by atoms with Crippen LogP contribution in [-0.4, -0.2) is 49.3 Å². The first-order valence-electron chi connectivity index (χ1n) is 11.8. The average Bonchev–Trinajstić information content (AvgIpc) is 3.63. The molecule has 0 spiro atoms. The Morgan fingerprint density at radius 3 is 2.65 bits per heavy atom. The molecule has 0 amide bonds. The molecule has 4 rings (SSSR count). The highest BCUT2D eigenvalue weighted by Crippen LogP contribution is 2.41. The fourth-order valence-corrected chi connectivity index (χ4v) is 4.95. The quantitative estimate of drug-likeness (QED) is 0.522. The summed E-state index contributed by atoms with van der Waals surface area (Å²) in [6.07, 6.45) is 14.2. The maximum atomic E-state index is 5.45. The number of aliphatic imine (C=N–C) groups is 1.